The summed E-state index contributed by atoms with van der Waals surface area (Å²) in [5.41, 5.74) is -0.342. The first kappa shape index (κ1) is 24.7. The first-order valence-electron chi connectivity index (χ1n) is 10.7. The van der Waals surface area contributed by atoms with E-state index in [-0.39, 0.29) is 35.7 Å². The molecule has 4 rings (SSSR count). The number of hydrogen-bond acceptors (Lipinski definition) is 6. The zero-order valence-electron chi connectivity index (χ0n) is 18.7. The van der Waals surface area contributed by atoms with Gasteiger partial charge in [-0.05, 0) is 43.3 Å². The highest BCUT2D eigenvalue weighted by Crippen LogP contribution is 2.31. The van der Waals surface area contributed by atoms with Crippen molar-refractivity contribution in [2.45, 2.75) is 25.4 Å². The van der Waals surface area contributed by atoms with Gasteiger partial charge in [0.15, 0.2) is 17.2 Å². The molecule has 0 spiro atoms. The highest BCUT2D eigenvalue weighted by molar-refractivity contribution is 6.30. The maximum atomic E-state index is 14.0. The number of rotatable bonds is 9. The molecule has 0 fully saturated rings. The normalized spacial score (nSPS) is 11.7. The third-order valence-electron chi connectivity index (χ3n) is 5.86. The first-order valence-corrected chi connectivity index (χ1v) is 11.1. The topological polar surface area (TPSA) is 97.0 Å². The van der Waals surface area contributed by atoms with Crippen molar-refractivity contribution in [3.05, 3.63) is 94.2 Å². The summed E-state index contributed by atoms with van der Waals surface area (Å²) in [6, 6.07) is 9.87. The van der Waals surface area contributed by atoms with Crippen LogP contribution in [0, 0.1) is 18.6 Å². The fraction of sp³-hybridized carbons (Fsp3) is 0.240. The predicted octanol–water partition coefficient (Wildman–Crippen LogP) is 4.04. The summed E-state index contributed by atoms with van der Waals surface area (Å²) >= 11 is 5.90. The number of imidazole rings is 1. The van der Waals surface area contributed by atoms with Crippen LogP contribution in [-0.2, 0) is 12.0 Å². The number of Topliss-reactive ketones (excluding diaryl/α,β-unsaturated/α-hetero) is 1. The van der Waals surface area contributed by atoms with Crippen LogP contribution in [0.15, 0.2) is 54.9 Å². The van der Waals surface area contributed by atoms with Crippen LogP contribution < -0.4 is 4.74 Å². The van der Waals surface area contributed by atoms with Crippen molar-refractivity contribution in [3.8, 4) is 5.75 Å². The summed E-state index contributed by atoms with van der Waals surface area (Å²) in [7, 11) is 0. The van der Waals surface area contributed by atoms with E-state index in [9.17, 15) is 23.8 Å². The molecule has 3 aromatic heterocycles. The second kappa shape index (κ2) is 10.1. The van der Waals surface area contributed by atoms with E-state index in [1.54, 1.807) is 37.4 Å². The van der Waals surface area contributed by atoms with E-state index in [2.05, 4.69) is 9.97 Å². The number of aliphatic hydroxyl groups is 2. The maximum absolute atomic E-state index is 14.0. The van der Waals surface area contributed by atoms with Crippen molar-refractivity contribution >= 4 is 23.0 Å². The minimum absolute atomic E-state index is 0.222. The minimum atomic E-state index is -1.34. The lowest BCUT2D eigenvalue weighted by atomic mass is 9.80. The van der Waals surface area contributed by atoms with Gasteiger partial charge in [-0.1, -0.05) is 17.7 Å². The van der Waals surface area contributed by atoms with Crippen LogP contribution in [0.5, 0.6) is 5.75 Å². The van der Waals surface area contributed by atoms with Gasteiger partial charge >= 0.3 is 0 Å². The molecule has 1 aromatic carbocycles. The number of carbonyl (C=O) groups is 1. The number of nitrogens with zero attached hydrogens (tertiary/aromatic N) is 3. The van der Waals surface area contributed by atoms with Gasteiger partial charge in [-0.2, -0.15) is 0 Å². The molecule has 0 radical (unpaired) electrons. The number of aliphatic hydroxyl groups excluding tert-OH is 2. The van der Waals surface area contributed by atoms with Gasteiger partial charge < -0.3 is 14.9 Å². The van der Waals surface area contributed by atoms with Crippen molar-refractivity contribution in [1.29, 1.82) is 0 Å². The van der Waals surface area contributed by atoms with Crippen molar-refractivity contribution < 1.29 is 28.5 Å². The van der Waals surface area contributed by atoms with Gasteiger partial charge in [-0.25, -0.2) is 13.8 Å². The van der Waals surface area contributed by atoms with Gasteiger partial charge in [0.05, 0.1) is 40.6 Å². The molecule has 0 bridgehead atoms. The predicted molar refractivity (Wildman–Crippen MR) is 125 cm³/mol. The zero-order chi connectivity index (χ0) is 25.2. The molecule has 0 aliphatic rings. The number of carbonyl (C=O) groups excluding carboxylic acids is 1. The molecule has 0 saturated carbocycles. The van der Waals surface area contributed by atoms with Crippen LogP contribution in [0.25, 0.3) is 5.65 Å². The molecule has 7 nitrogen and oxygen atoms in total. The van der Waals surface area contributed by atoms with Crippen molar-refractivity contribution in [2.24, 2.45) is 0 Å². The molecular weight excluding hydrogens is 480 g/mol. The molecule has 35 heavy (non-hydrogen) atoms. The van der Waals surface area contributed by atoms with Crippen LogP contribution in [0.1, 0.15) is 33.9 Å². The molecule has 3 heterocycles. The Balaban J connectivity index is 1.66. The van der Waals surface area contributed by atoms with Crippen molar-refractivity contribution in [3.63, 3.8) is 0 Å². The highest BCUT2D eigenvalue weighted by atomic mass is 35.5. The van der Waals surface area contributed by atoms with Crippen LogP contribution >= 0.6 is 11.6 Å². The van der Waals surface area contributed by atoms with Crippen LogP contribution in [-0.4, -0.2) is 43.6 Å². The summed E-state index contributed by atoms with van der Waals surface area (Å²) in [4.78, 5) is 22.0. The molecule has 4 aromatic rings. The second-order valence-electron chi connectivity index (χ2n) is 8.16. The largest absolute Gasteiger partial charge is 0.485 e. The number of halogens is 3. The van der Waals surface area contributed by atoms with E-state index < -0.39 is 36.0 Å². The molecular formula is C25H22ClF2N3O4. The van der Waals surface area contributed by atoms with Gasteiger partial charge in [-0.3, -0.25) is 14.2 Å². The number of benzene rings is 1. The van der Waals surface area contributed by atoms with E-state index in [1.807, 2.05) is 0 Å². The van der Waals surface area contributed by atoms with Gasteiger partial charge in [0, 0.05) is 18.8 Å². The Kier molecular flexibility index (Phi) is 7.11. The number of ether oxygens (including phenoxy) is 1. The fourth-order valence-electron chi connectivity index (χ4n) is 3.92. The molecule has 0 aliphatic heterocycles. The molecule has 182 valence electrons. The summed E-state index contributed by atoms with van der Waals surface area (Å²) in [6.07, 6.45) is 2.73. The van der Waals surface area contributed by atoms with E-state index in [1.165, 1.54) is 16.7 Å². The van der Waals surface area contributed by atoms with Gasteiger partial charge in [-0.15, -0.1) is 0 Å². The average Bonchev–Trinajstić information content (AvgIpc) is 3.19. The van der Waals surface area contributed by atoms with E-state index in [0.717, 1.165) is 12.1 Å². The molecule has 2 N–H and O–H groups in total. The summed E-state index contributed by atoms with van der Waals surface area (Å²) in [5, 5.41) is 20.6. The Morgan fingerprint density at radius 2 is 1.83 bits per heavy atom. The molecule has 0 saturated heterocycles. The smallest absolute Gasteiger partial charge is 0.182 e. The Morgan fingerprint density at radius 3 is 2.46 bits per heavy atom. The van der Waals surface area contributed by atoms with Crippen LogP contribution in [0.3, 0.4) is 0 Å². The summed E-state index contributed by atoms with van der Waals surface area (Å²) in [6.45, 7) is 0.221. The number of aromatic nitrogens is 3. The van der Waals surface area contributed by atoms with Crippen molar-refractivity contribution in [2.75, 3.05) is 13.2 Å². The molecule has 0 aliphatic carbocycles. The zero-order valence-corrected chi connectivity index (χ0v) is 19.5. The number of pyridine rings is 2. The lowest BCUT2D eigenvalue weighted by Crippen LogP contribution is -2.38. The van der Waals surface area contributed by atoms with Gasteiger partial charge in [0.1, 0.15) is 23.9 Å². The van der Waals surface area contributed by atoms with E-state index in [4.69, 9.17) is 16.3 Å². The van der Waals surface area contributed by atoms with Gasteiger partial charge in [0.2, 0.25) is 0 Å². The van der Waals surface area contributed by atoms with Crippen LogP contribution in [0.4, 0.5) is 8.78 Å². The Bertz CT molecular complexity index is 1350. The standard InChI is InChI=1S/C25H22ClF2N3O4/c1-15-23(20(34)10-25(13-32,14-33)22-8-7-16(26)11-29-22)31-9-3-6-21(24(31)30-15)35-12-17-18(27)4-2-5-19(17)28/h2-9,11,32-33H,10,12-14H2,1H3. The quantitative estimate of drug-likeness (QED) is 0.336. The number of fused-ring (bicyclic) bond motifs is 1. The number of ketones is 1. The molecule has 0 atom stereocenters. The van der Waals surface area contributed by atoms with E-state index in [0.29, 0.717) is 16.4 Å². The molecule has 10 heteroatoms. The SMILES string of the molecule is Cc1nc2c(OCc3c(F)cccc3F)cccn2c1C(=O)CC(CO)(CO)c1ccc(Cl)cn1. The lowest BCUT2D eigenvalue weighted by Gasteiger charge is -2.28. The van der Waals surface area contributed by atoms with Gasteiger partial charge in [0.25, 0.3) is 0 Å². The maximum Gasteiger partial charge on any atom is 0.182 e. The lowest BCUT2D eigenvalue weighted by molar-refractivity contribution is 0.0771. The van der Waals surface area contributed by atoms with Crippen LogP contribution in [0.2, 0.25) is 5.02 Å². The highest BCUT2D eigenvalue weighted by Gasteiger charge is 2.37. The Hall–Kier alpha value is -3.40. The number of hydrogen-bond donors (Lipinski definition) is 2. The monoisotopic (exact) mass is 501 g/mol. The average molecular weight is 502 g/mol. The minimum Gasteiger partial charge on any atom is -0.485 e. The number of aryl methyl sites for hydroxylation is 1. The molecule has 0 amide bonds. The third kappa shape index (κ3) is 4.75. The Morgan fingerprint density at radius 1 is 1.11 bits per heavy atom. The fourth-order valence-corrected chi connectivity index (χ4v) is 4.03. The second-order valence-corrected chi connectivity index (χ2v) is 8.60. The first-order chi connectivity index (χ1) is 16.8. The Labute approximate surface area is 204 Å². The summed E-state index contributed by atoms with van der Waals surface area (Å²) in [5.74, 6) is -1.63. The van der Waals surface area contributed by atoms with E-state index >= 15 is 0 Å². The third-order valence-corrected chi connectivity index (χ3v) is 6.08. The van der Waals surface area contributed by atoms with Crippen molar-refractivity contribution in [1.82, 2.24) is 14.4 Å². The molecule has 0 unspecified atom stereocenters. The summed E-state index contributed by atoms with van der Waals surface area (Å²) < 4.78 is 35.2.